The van der Waals surface area contributed by atoms with Crippen LogP contribution in [0.3, 0.4) is 0 Å². The molecule has 2 heterocycles. The molecule has 0 unspecified atom stereocenters. The number of hydrogen-bond acceptors (Lipinski definition) is 3. The molecule has 0 amide bonds. The van der Waals surface area contributed by atoms with Gasteiger partial charge in [0.1, 0.15) is 4.60 Å². The lowest BCUT2D eigenvalue weighted by atomic mass is 10.3. The molecule has 2 aromatic heterocycles. The molecule has 2 rings (SSSR count). The summed E-state index contributed by atoms with van der Waals surface area (Å²) in [6, 6.07) is 3.82. The van der Waals surface area contributed by atoms with Crippen LogP contribution in [0.4, 0.5) is 0 Å². The molecule has 0 aliphatic carbocycles. The van der Waals surface area contributed by atoms with E-state index in [2.05, 4.69) is 31.1 Å². The largest absolute Gasteiger partial charge is 0.239 e. The molecule has 11 heavy (non-hydrogen) atoms. The van der Waals surface area contributed by atoms with E-state index in [1.807, 2.05) is 12.1 Å². The molecule has 0 saturated heterocycles. The zero-order chi connectivity index (χ0) is 7.68. The average Bonchev–Trinajstić information content (AvgIpc) is 2.04. The van der Waals surface area contributed by atoms with E-state index in [9.17, 15) is 0 Å². The summed E-state index contributed by atoms with van der Waals surface area (Å²) in [5, 5.41) is 8.46. The van der Waals surface area contributed by atoms with Crippen LogP contribution >= 0.6 is 15.9 Å². The SMILES string of the molecule is Brc1ccc2cnncc2n1. The van der Waals surface area contributed by atoms with Gasteiger partial charge in [0.25, 0.3) is 0 Å². The van der Waals surface area contributed by atoms with E-state index in [-0.39, 0.29) is 0 Å². The third-order valence-corrected chi connectivity index (χ3v) is 1.81. The Kier molecular flexibility index (Phi) is 1.54. The van der Waals surface area contributed by atoms with Crippen molar-refractivity contribution < 1.29 is 0 Å². The fraction of sp³-hybridized carbons (Fsp3) is 0. The smallest absolute Gasteiger partial charge is 0.106 e. The topological polar surface area (TPSA) is 38.7 Å². The van der Waals surface area contributed by atoms with Gasteiger partial charge in [-0.05, 0) is 28.1 Å². The minimum atomic E-state index is 0.818. The highest BCUT2D eigenvalue weighted by Gasteiger charge is 1.93. The standard InChI is InChI=1S/C7H4BrN3/c8-7-2-1-5-3-9-10-4-6(5)11-7/h1-4H. The van der Waals surface area contributed by atoms with Crippen LogP contribution in [0, 0.1) is 0 Å². The maximum absolute atomic E-state index is 4.19. The average molecular weight is 210 g/mol. The number of rotatable bonds is 0. The van der Waals surface area contributed by atoms with Gasteiger partial charge in [-0.25, -0.2) is 4.98 Å². The number of pyridine rings is 1. The van der Waals surface area contributed by atoms with Gasteiger partial charge < -0.3 is 0 Å². The summed E-state index contributed by atoms with van der Waals surface area (Å²) in [6.07, 6.45) is 3.33. The summed E-state index contributed by atoms with van der Waals surface area (Å²) in [5.41, 5.74) is 0.856. The Labute approximate surface area is 71.6 Å². The van der Waals surface area contributed by atoms with Crippen LogP contribution in [0.1, 0.15) is 0 Å². The first-order valence-electron chi connectivity index (χ1n) is 3.09. The Morgan fingerprint density at radius 3 is 2.82 bits per heavy atom. The Balaban J connectivity index is 2.83. The third-order valence-electron chi connectivity index (χ3n) is 1.37. The molecule has 0 N–H and O–H groups in total. The normalized spacial score (nSPS) is 10.3. The Bertz CT molecular complexity index is 388. The first kappa shape index (κ1) is 6.67. The van der Waals surface area contributed by atoms with Gasteiger partial charge in [0.2, 0.25) is 0 Å². The second-order valence-electron chi connectivity index (χ2n) is 2.10. The van der Waals surface area contributed by atoms with Crippen molar-refractivity contribution in [1.82, 2.24) is 15.2 Å². The molecule has 0 spiro atoms. The number of fused-ring (bicyclic) bond motifs is 1. The predicted molar refractivity (Wildman–Crippen MR) is 45.0 cm³/mol. The van der Waals surface area contributed by atoms with Gasteiger partial charge in [0.05, 0.1) is 17.9 Å². The van der Waals surface area contributed by atoms with Gasteiger partial charge in [-0.1, -0.05) is 0 Å². The van der Waals surface area contributed by atoms with Gasteiger partial charge in [-0.15, -0.1) is 0 Å². The molecular formula is C7H4BrN3. The van der Waals surface area contributed by atoms with E-state index in [1.165, 1.54) is 0 Å². The van der Waals surface area contributed by atoms with E-state index in [0.29, 0.717) is 0 Å². The lowest BCUT2D eigenvalue weighted by Gasteiger charge is -1.93. The van der Waals surface area contributed by atoms with Crippen LogP contribution in [0.5, 0.6) is 0 Å². The minimum Gasteiger partial charge on any atom is -0.239 e. The summed E-state index contributed by atoms with van der Waals surface area (Å²) >= 11 is 3.27. The Hall–Kier alpha value is -1.03. The van der Waals surface area contributed by atoms with E-state index in [4.69, 9.17) is 0 Å². The van der Waals surface area contributed by atoms with Crippen molar-refractivity contribution in [2.75, 3.05) is 0 Å². The molecular weight excluding hydrogens is 206 g/mol. The lowest BCUT2D eigenvalue weighted by molar-refractivity contribution is 1.04. The van der Waals surface area contributed by atoms with Crippen molar-refractivity contribution in [2.45, 2.75) is 0 Å². The second-order valence-corrected chi connectivity index (χ2v) is 2.91. The summed E-state index contributed by atoms with van der Waals surface area (Å²) in [5.74, 6) is 0. The Morgan fingerprint density at radius 1 is 1.09 bits per heavy atom. The molecule has 0 fully saturated rings. The molecule has 0 aliphatic rings. The first-order chi connectivity index (χ1) is 5.36. The lowest BCUT2D eigenvalue weighted by Crippen LogP contribution is -1.83. The van der Waals surface area contributed by atoms with Gasteiger partial charge in [0.15, 0.2) is 0 Å². The van der Waals surface area contributed by atoms with Crippen molar-refractivity contribution in [3.05, 3.63) is 29.1 Å². The zero-order valence-corrected chi connectivity index (χ0v) is 7.12. The molecule has 0 radical (unpaired) electrons. The van der Waals surface area contributed by atoms with E-state index in [1.54, 1.807) is 12.4 Å². The number of nitrogens with zero attached hydrogens (tertiary/aromatic N) is 3. The van der Waals surface area contributed by atoms with E-state index >= 15 is 0 Å². The maximum atomic E-state index is 4.19. The quantitative estimate of drug-likeness (QED) is 0.622. The minimum absolute atomic E-state index is 0.818. The zero-order valence-electron chi connectivity index (χ0n) is 5.53. The maximum Gasteiger partial charge on any atom is 0.106 e. The predicted octanol–water partition coefficient (Wildman–Crippen LogP) is 1.79. The molecule has 0 atom stereocenters. The van der Waals surface area contributed by atoms with Crippen LogP contribution in [-0.4, -0.2) is 15.2 Å². The summed E-state index contributed by atoms with van der Waals surface area (Å²) in [4.78, 5) is 4.19. The van der Waals surface area contributed by atoms with Gasteiger partial charge >= 0.3 is 0 Å². The Morgan fingerprint density at radius 2 is 1.91 bits per heavy atom. The van der Waals surface area contributed by atoms with Crippen molar-refractivity contribution in [3.8, 4) is 0 Å². The van der Waals surface area contributed by atoms with Gasteiger partial charge in [0, 0.05) is 5.39 Å². The van der Waals surface area contributed by atoms with E-state index in [0.717, 1.165) is 15.5 Å². The van der Waals surface area contributed by atoms with Crippen LogP contribution in [0.15, 0.2) is 29.1 Å². The second kappa shape index (κ2) is 2.54. The van der Waals surface area contributed by atoms with Gasteiger partial charge in [-0.2, -0.15) is 10.2 Å². The summed E-state index contributed by atoms with van der Waals surface area (Å²) < 4.78 is 0.818. The summed E-state index contributed by atoms with van der Waals surface area (Å²) in [7, 11) is 0. The van der Waals surface area contributed by atoms with Gasteiger partial charge in [-0.3, -0.25) is 0 Å². The van der Waals surface area contributed by atoms with Crippen molar-refractivity contribution in [1.29, 1.82) is 0 Å². The number of aromatic nitrogens is 3. The number of halogens is 1. The summed E-state index contributed by atoms with van der Waals surface area (Å²) in [6.45, 7) is 0. The molecule has 0 aliphatic heterocycles. The van der Waals surface area contributed by atoms with Crippen LogP contribution < -0.4 is 0 Å². The molecule has 0 aromatic carbocycles. The fourth-order valence-electron chi connectivity index (χ4n) is 0.857. The molecule has 0 bridgehead atoms. The van der Waals surface area contributed by atoms with Crippen molar-refractivity contribution >= 4 is 26.8 Å². The molecule has 2 aromatic rings. The van der Waals surface area contributed by atoms with Crippen LogP contribution in [-0.2, 0) is 0 Å². The highest BCUT2D eigenvalue weighted by Crippen LogP contribution is 2.12. The highest BCUT2D eigenvalue weighted by atomic mass is 79.9. The molecule has 4 heteroatoms. The van der Waals surface area contributed by atoms with Crippen molar-refractivity contribution in [2.24, 2.45) is 0 Å². The first-order valence-corrected chi connectivity index (χ1v) is 3.88. The molecule has 0 saturated carbocycles. The van der Waals surface area contributed by atoms with Crippen LogP contribution in [0.2, 0.25) is 0 Å². The van der Waals surface area contributed by atoms with E-state index < -0.39 is 0 Å². The van der Waals surface area contributed by atoms with Crippen LogP contribution in [0.25, 0.3) is 10.9 Å². The number of hydrogen-bond donors (Lipinski definition) is 0. The monoisotopic (exact) mass is 209 g/mol. The molecule has 3 nitrogen and oxygen atoms in total. The fourth-order valence-corrected chi connectivity index (χ4v) is 1.18. The third kappa shape index (κ3) is 1.21. The molecule has 54 valence electrons. The highest BCUT2D eigenvalue weighted by molar-refractivity contribution is 9.10. The van der Waals surface area contributed by atoms with Crippen molar-refractivity contribution in [3.63, 3.8) is 0 Å².